The minimum Gasteiger partial charge on any atom is -0.355 e. The average molecular weight is 247 g/mol. The highest BCUT2D eigenvalue weighted by Crippen LogP contribution is 2.15. The monoisotopic (exact) mass is 247 g/mol. The predicted molar refractivity (Wildman–Crippen MR) is 66.7 cm³/mol. The van der Waals surface area contributed by atoms with Gasteiger partial charge in [-0.05, 0) is 18.6 Å². The molecule has 0 unspecified atom stereocenters. The summed E-state index contributed by atoms with van der Waals surface area (Å²) < 4.78 is 13.4. The molecule has 1 aromatic rings. The molecule has 0 saturated carbocycles. The van der Waals surface area contributed by atoms with Crippen molar-refractivity contribution in [3.05, 3.63) is 34.6 Å². The molecule has 0 aliphatic heterocycles. The van der Waals surface area contributed by atoms with Crippen LogP contribution in [0.1, 0.15) is 34.8 Å². The molecular formula is C14H14FNO2. The van der Waals surface area contributed by atoms with E-state index < -0.39 is 5.82 Å². The van der Waals surface area contributed by atoms with Crippen LogP contribution in [0.5, 0.6) is 0 Å². The molecule has 18 heavy (non-hydrogen) atoms. The smallest absolute Gasteiger partial charge is 0.216 e. The summed E-state index contributed by atoms with van der Waals surface area (Å²) in [7, 11) is 0. The molecule has 0 aliphatic carbocycles. The van der Waals surface area contributed by atoms with Gasteiger partial charge in [-0.2, -0.15) is 0 Å². The van der Waals surface area contributed by atoms with Crippen LogP contribution in [-0.4, -0.2) is 18.7 Å². The van der Waals surface area contributed by atoms with Gasteiger partial charge in [0.15, 0.2) is 6.29 Å². The molecule has 0 bridgehead atoms. The maximum Gasteiger partial charge on any atom is 0.216 e. The van der Waals surface area contributed by atoms with E-state index in [4.69, 9.17) is 0 Å². The Morgan fingerprint density at radius 3 is 2.83 bits per heavy atom. The van der Waals surface area contributed by atoms with E-state index in [1.54, 1.807) is 13.0 Å². The number of hydrogen-bond acceptors (Lipinski definition) is 2. The van der Waals surface area contributed by atoms with E-state index in [1.165, 1.54) is 13.0 Å². The molecule has 1 aromatic carbocycles. The second kappa shape index (κ2) is 6.55. The van der Waals surface area contributed by atoms with Gasteiger partial charge in [-0.15, -0.1) is 0 Å². The summed E-state index contributed by atoms with van der Waals surface area (Å²) >= 11 is 0. The number of amides is 1. The molecule has 0 saturated heterocycles. The second-order valence-corrected chi connectivity index (χ2v) is 3.81. The Labute approximate surface area is 105 Å². The van der Waals surface area contributed by atoms with Crippen molar-refractivity contribution in [2.45, 2.75) is 20.3 Å². The van der Waals surface area contributed by atoms with Crippen LogP contribution >= 0.6 is 0 Å². The van der Waals surface area contributed by atoms with E-state index in [-0.39, 0.29) is 11.5 Å². The molecule has 0 fully saturated rings. The van der Waals surface area contributed by atoms with Crippen LogP contribution in [0, 0.1) is 24.6 Å². The highest BCUT2D eigenvalue weighted by molar-refractivity contribution is 5.80. The zero-order valence-corrected chi connectivity index (χ0v) is 10.3. The first-order chi connectivity index (χ1) is 8.56. The van der Waals surface area contributed by atoms with E-state index in [2.05, 4.69) is 17.2 Å². The first kappa shape index (κ1) is 13.9. The summed E-state index contributed by atoms with van der Waals surface area (Å²) in [6, 6.07) is 2.84. The number of carbonyl (C=O) groups excluding carboxylic acids is 2. The minimum atomic E-state index is -0.568. The first-order valence-electron chi connectivity index (χ1n) is 5.54. The summed E-state index contributed by atoms with van der Waals surface area (Å²) in [6.07, 6.45) is 0.925. The summed E-state index contributed by atoms with van der Waals surface area (Å²) in [5.74, 6) is 4.90. The molecular weight excluding hydrogens is 233 g/mol. The molecule has 1 N–H and O–H groups in total. The van der Waals surface area contributed by atoms with Crippen LogP contribution in [0.15, 0.2) is 12.1 Å². The van der Waals surface area contributed by atoms with Crippen molar-refractivity contribution >= 4 is 12.2 Å². The Bertz CT molecular complexity index is 527. The molecule has 0 atom stereocenters. The van der Waals surface area contributed by atoms with Gasteiger partial charge in [0.05, 0.1) is 5.56 Å². The number of aryl methyl sites for hydroxylation is 1. The van der Waals surface area contributed by atoms with Gasteiger partial charge in [0.25, 0.3) is 0 Å². The predicted octanol–water partition coefficient (Wildman–Crippen LogP) is 1.82. The first-order valence-corrected chi connectivity index (χ1v) is 5.54. The van der Waals surface area contributed by atoms with E-state index >= 15 is 0 Å². The van der Waals surface area contributed by atoms with E-state index in [1.807, 2.05) is 0 Å². The van der Waals surface area contributed by atoms with Gasteiger partial charge in [-0.1, -0.05) is 17.9 Å². The van der Waals surface area contributed by atoms with Crippen LogP contribution in [0.3, 0.4) is 0 Å². The van der Waals surface area contributed by atoms with Crippen LogP contribution in [0.4, 0.5) is 4.39 Å². The van der Waals surface area contributed by atoms with Gasteiger partial charge in [0.1, 0.15) is 5.82 Å². The third-order valence-electron chi connectivity index (χ3n) is 2.36. The fourth-order valence-corrected chi connectivity index (χ4v) is 1.44. The summed E-state index contributed by atoms with van der Waals surface area (Å²) in [5.41, 5.74) is 1.15. The van der Waals surface area contributed by atoms with Gasteiger partial charge < -0.3 is 5.32 Å². The zero-order valence-electron chi connectivity index (χ0n) is 10.3. The van der Waals surface area contributed by atoms with Crippen LogP contribution < -0.4 is 5.32 Å². The van der Waals surface area contributed by atoms with Crippen molar-refractivity contribution in [2.24, 2.45) is 0 Å². The van der Waals surface area contributed by atoms with E-state index in [0.717, 1.165) is 5.56 Å². The maximum absolute atomic E-state index is 13.4. The zero-order chi connectivity index (χ0) is 13.5. The number of rotatable bonds is 3. The standard InChI is InChI=1S/C14H14FNO2/c1-10-6-7-14(15)13(9-17)12(10)5-3-4-8-16-11(2)18/h6-7,9H,4,8H2,1-2H3,(H,16,18). The number of aldehydes is 1. The van der Waals surface area contributed by atoms with Crippen molar-refractivity contribution in [2.75, 3.05) is 6.54 Å². The van der Waals surface area contributed by atoms with Gasteiger partial charge in [-0.25, -0.2) is 4.39 Å². The van der Waals surface area contributed by atoms with Gasteiger partial charge in [0, 0.05) is 25.5 Å². The molecule has 0 aromatic heterocycles. The summed E-state index contributed by atoms with van der Waals surface area (Å²) in [6.45, 7) is 3.63. The van der Waals surface area contributed by atoms with Gasteiger partial charge in [-0.3, -0.25) is 9.59 Å². The molecule has 3 nitrogen and oxygen atoms in total. The fraction of sp³-hybridized carbons (Fsp3) is 0.286. The van der Waals surface area contributed by atoms with Crippen LogP contribution in [0.2, 0.25) is 0 Å². The van der Waals surface area contributed by atoms with E-state index in [9.17, 15) is 14.0 Å². The number of halogens is 1. The highest BCUT2D eigenvalue weighted by Gasteiger charge is 2.08. The third-order valence-corrected chi connectivity index (χ3v) is 2.36. The molecule has 0 radical (unpaired) electrons. The van der Waals surface area contributed by atoms with Crippen LogP contribution in [-0.2, 0) is 4.79 Å². The molecule has 4 heteroatoms. The normalized spacial score (nSPS) is 9.28. The fourth-order valence-electron chi connectivity index (χ4n) is 1.44. The molecule has 0 aliphatic rings. The van der Waals surface area contributed by atoms with Gasteiger partial charge >= 0.3 is 0 Å². The number of nitrogens with one attached hydrogen (secondary N) is 1. The minimum absolute atomic E-state index is 0.0120. The molecule has 1 rings (SSSR count). The SMILES string of the molecule is CC(=O)NCCC#Cc1c(C)ccc(F)c1C=O. The summed E-state index contributed by atoms with van der Waals surface area (Å²) in [5, 5.41) is 2.60. The van der Waals surface area contributed by atoms with Gasteiger partial charge in [0.2, 0.25) is 5.91 Å². The van der Waals surface area contributed by atoms with Crippen molar-refractivity contribution in [3.8, 4) is 11.8 Å². The molecule has 1 amide bonds. The van der Waals surface area contributed by atoms with Crippen molar-refractivity contribution in [1.29, 1.82) is 0 Å². The lowest BCUT2D eigenvalue weighted by atomic mass is 10.0. The Hall–Kier alpha value is -2.15. The average Bonchev–Trinajstić information content (AvgIpc) is 2.32. The lowest BCUT2D eigenvalue weighted by Crippen LogP contribution is -2.20. The molecule has 94 valence electrons. The lowest BCUT2D eigenvalue weighted by Gasteiger charge is -2.02. The Kier molecular flexibility index (Phi) is 5.06. The van der Waals surface area contributed by atoms with Crippen LogP contribution in [0.25, 0.3) is 0 Å². The van der Waals surface area contributed by atoms with Crippen molar-refractivity contribution in [3.63, 3.8) is 0 Å². The second-order valence-electron chi connectivity index (χ2n) is 3.81. The van der Waals surface area contributed by atoms with Crippen molar-refractivity contribution < 1.29 is 14.0 Å². The number of carbonyl (C=O) groups is 2. The quantitative estimate of drug-likeness (QED) is 0.503. The number of hydrogen-bond donors (Lipinski definition) is 1. The van der Waals surface area contributed by atoms with E-state index in [0.29, 0.717) is 24.8 Å². The highest BCUT2D eigenvalue weighted by atomic mass is 19.1. The molecule has 0 spiro atoms. The Balaban J connectivity index is 2.84. The largest absolute Gasteiger partial charge is 0.355 e. The topological polar surface area (TPSA) is 46.2 Å². The lowest BCUT2D eigenvalue weighted by molar-refractivity contribution is -0.118. The third kappa shape index (κ3) is 3.70. The Morgan fingerprint density at radius 1 is 1.50 bits per heavy atom. The Morgan fingerprint density at radius 2 is 2.22 bits per heavy atom. The molecule has 0 heterocycles. The summed E-state index contributed by atoms with van der Waals surface area (Å²) in [4.78, 5) is 21.4. The van der Waals surface area contributed by atoms with Crippen molar-refractivity contribution in [1.82, 2.24) is 5.32 Å². The number of benzene rings is 1. The maximum atomic E-state index is 13.4.